The molecule has 2 aromatic heterocycles. The van der Waals surface area contributed by atoms with Gasteiger partial charge in [0, 0.05) is 37.2 Å². The number of carbonyl (C=O) groups is 2. The Hall–Kier alpha value is -2.76. The molecule has 3 nitrogen and oxygen atoms in total. The summed E-state index contributed by atoms with van der Waals surface area (Å²) in [5.74, 6) is -0.391. The van der Waals surface area contributed by atoms with Crippen molar-refractivity contribution in [3.63, 3.8) is 0 Å². The second-order valence-electron chi connectivity index (χ2n) is 7.46. The standard InChI is InChI=1S/C25H23NO2S2/c1-5-7-17-9-13-21(30-17)19-11-10-18(20-12-8-16(4)29-20)22-23(19)25(28)26(24(22)27)14-15(3)6-2/h5-13,15H,2,14H2,1,3-4H3/b7-5+. The summed E-state index contributed by atoms with van der Waals surface area (Å²) in [6.07, 6.45) is 5.81. The number of allylic oxidation sites excluding steroid dienone is 1. The van der Waals surface area contributed by atoms with Crippen LogP contribution in [0.2, 0.25) is 0 Å². The number of thiophene rings is 2. The molecule has 1 unspecified atom stereocenters. The molecule has 1 aliphatic heterocycles. The molecule has 2 amide bonds. The van der Waals surface area contributed by atoms with Gasteiger partial charge in [0.25, 0.3) is 11.8 Å². The Kier molecular flexibility index (Phi) is 5.58. The van der Waals surface area contributed by atoms with Gasteiger partial charge in [-0.3, -0.25) is 14.5 Å². The van der Waals surface area contributed by atoms with Crippen LogP contribution in [0.3, 0.4) is 0 Å². The van der Waals surface area contributed by atoms with Crippen molar-refractivity contribution in [1.29, 1.82) is 0 Å². The highest BCUT2D eigenvalue weighted by molar-refractivity contribution is 7.16. The zero-order valence-corrected chi connectivity index (χ0v) is 18.9. The summed E-state index contributed by atoms with van der Waals surface area (Å²) in [6, 6.07) is 12.1. The van der Waals surface area contributed by atoms with Crippen molar-refractivity contribution in [2.24, 2.45) is 5.92 Å². The highest BCUT2D eigenvalue weighted by Crippen LogP contribution is 2.42. The summed E-state index contributed by atoms with van der Waals surface area (Å²) in [5.41, 5.74) is 2.71. The first-order chi connectivity index (χ1) is 14.4. The molecule has 5 heteroatoms. The van der Waals surface area contributed by atoms with E-state index in [0.717, 1.165) is 25.8 Å². The van der Waals surface area contributed by atoms with Gasteiger partial charge in [-0.1, -0.05) is 31.2 Å². The van der Waals surface area contributed by atoms with Crippen molar-refractivity contribution in [3.05, 3.63) is 76.0 Å². The van der Waals surface area contributed by atoms with E-state index in [-0.39, 0.29) is 17.7 Å². The lowest BCUT2D eigenvalue weighted by Crippen LogP contribution is -2.33. The Morgan fingerprint density at radius 1 is 0.967 bits per heavy atom. The van der Waals surface area contributed by atoms with E-state index in [1.165, 1.54) is 9.78 Å². The van der Waals surface area contributed by atoms with Crippen LogP contribution in [-0.4, -0.2) is 23.3 Å². The van der Waals surface area contributed by atoms with Crippen molar-refractivity contribution < 1.29 is 9.59 Å². The first kappa shape index (κ1) is 20.5. The van der Waals surface area contributed by atoms with E-state index in [1.807, 2.05) is 69.3 Å². The predicted molar refractivity (Wildman–Crippen MR) is 127 cm³/mol. The van der Waals surface area contributed by atoms with Crippen LogP contribution in [0.4, 0.5) is 0 Å². The number of carbonyl (C=O) groups excluding carboxylic acids is 2. The van der Waals surface area contributed by atoms with Crippen molar-refractivity contribution in [2.45, 2.75) is 20.8 Å². The van der Waals surface area contributed by atoms with Gasteiger partial charge in [-0.05, 0) is 50.1 Å². The number of hydrogen-bond donors (Lipinski definition) is 0. The minimum absolute atomic E-state index is 0.0335. The third-order valence-corrected chi connectivity index (χ3v) is 7.34. The van der Waals surface area contributed by atoms with Gasteiger partial charge >= 0.3 is 0 Å². The highest BCUT2D eigenvalue weighted by Gasteiger charge is 2.40. The van der Waals surface area contributed by atoms with E-state index < -0.39 is 0 Å². The fraction of sp³-hybridized carbons (Fsp3) is 0.200. The van der Waals surface area contributed by atoms with Gasteiger partial charge in [0.15, 0.2) is 0 Å². The third-order valence-electron chi connectivity index (χ3n) is 5.23. The van der Waals surface area contributed by atoms with Crippen molar-refractivity contribution in [3.8, 4) is 20.9 Å². The van der Waals surface area contributed by atoms with Crippen LogP contribution in [0, 0.1) is 12.8 Å². The first-order valence-electron chi connectivity index (χ1n) is 9.90. The summed E-state index contributed by atoms with van der Waals surface area (Å²) in [5, 5.41) is 0. The molecule has 4 rings (SSSR count). The minimum atomic E-state index is -0.213. The molecule has 0 spiro atoms. The van der Waals surface area contributed by atoms with Crippen LogP contribution in [0.25, 0.3) is 27.0 Å². The molecule has 152 valence electrons. The van der Waals surface area contributed by atoms with E-state index in [1.54, 1.807) is 28.7 Å². The molecular formula is C25H23NO2S2. The van der Waals surface area contributed by atoms with Crippen LogP contribution >= 0.6 is 22.7 Å². The van der Waals surface area contributed by atoms with E-state index in [4.69, 9.17) is 0 Å². The number of rotatable bonds is 6. The van der Waals surface area contributed by atoms with Crippen LogP contribution in [0.1, 0.15) is 44.3 Å². The molecule has 1 aliphatic rings. The molecule has 0 N–H and O–H groups in total. The monoisotopic (exact) mass is 433 g/mol. The SMILES string of the molecule is C=CC(C)CN1C(=O)c2c(-c3ccc(C)s3)ccc(-c3ccc(/C=C/C)s3)c2C1=O. The Bertz CT molecular complexity index is 1180. The fourth-order valence-corrected chi connectivity index (χ4v) is 5.59. The van der Waals surface area contributed by atoms with Crippen LogP contribution in [-0.2, 0) is 0 Å². The quantitative estimate of drug-likeness (QED) is 0.313. The largest absolute Gasteiger partial charge is 0.274 e. The van der Waals surface area contributed by atoms with Gasteiger partial charge in [-0.15, -0.1) is 29.3 Å². The summed E-state index contributed by atoms with van der Waals surface area (Å²) in [7, 11) is 0. The van der Waals surface area contributed by atoms with Gasteiger partial charge in [-0.2, -0.15) is 0 Å². The number of benzene rings is 1. The molecule has 0 aliphatic carbocycles. The lowest BCUT2D eigenvalue weighted by molar-refractivity contribution is 0.0642. The molecule has 0 radical (unpaired) electrons. The summed E-state index contributed by atoms with van der Waals surface area (Å²) < 4.78 is 0. The maximum absolute atomic E-state index is 13.4. The summed E-state index contributed by atoms with van der Waals surface area (Å²) in [4.78, 5) is 32.5. The number of amides is 2. The molecular weight excluding hydrogens is 410 g/mol. The molecule has 0 fully saturated rings. The lowest BCUT2D eigenvalue weighted by Gasteiger charge is -2.16. The minimum Gasteiger partial charge on any atom is -0.274 e. The Labute approximate surface area is 185 Å². The zero-order valence-electron chi connectivity index (χ0n) is 17.3. The maximum Gasteiger partial charge on any atom is 0.262 e. The Morgan fingerprint density at radius 2 is 1.57 bits per heavy atom. The number of imide groups is 1. The zero-order chi connectivity index (χ0) is 21.4. The molecule has 3 heterocycles. The lowest BCUT2D eigenvalue weighted by atomic mass is 9.95. The van der Waals surface area contributed by atoms with Crippen LogP contribution in [0.5, 0.6) is 0 Å². The van der Waals surface area contributed by atoms with Gasteiger partial charge in [0.05, 0.1) is 11.1 Å². The topological polar surface area (TPSA) is 37.4 Å². The van der Waals surface area contributed by atoms with Gasteiger partial charge in [0.1, 0.15) is 0 Å². The van der Waals surface area contributed by atoms with Crippen molar-refractivity contribution in [2.75, 3.05) is 6.54 Å². The second kappa shape index (κ2) is 8.17. The van der Waals surface area contributed by atoms with Crippen LogP contribution < -0.4 is 0 Å². The number of aryl methyl sites for hydroxylation is 1. The Balaban J connectivity index is 1.91. The predicted octanol–water partition coefficient (Wildman–Crippen LogP) is 6.90. The Morgan fingerprint density at radius 3 is 2.10 bits per heavy atom. The average molecular weight is 434 g/mol. The van der Waals surface area contributed by atoms with Crippen LogP contribution in [0.15, 0.2) is 55.1 Å². The third kappa shape index (κ3) is 3.48. The normalized spacial score (nSPS) is 14.6. The van der Waals surface area contributed by atoms with E-state index in [2.05, 4.69) is 6.58 Å². The average Bonchev–Trinajstić information content (AvgIpc) is 3.43. The smallest absolute Gasteiger partial charge is 0.262 e. The number of hydrogen-bond acceptors (Lipinski definition) is 4. The van der Waals surface area contributed by atoms with Gasteiger partial charge in [0.2, 0.25) is 0 Å². The van der Waals surface area contributed by atoms with Crippen molar-refractivity contribution >= 4 is 40.6 Å². The van der Waals surface area contributed by atoms with Gasteiger partial charge < -0.3 is 0 Å². The first-order valence-corrected chi connectivity index (χ1v) is 11.5. The molecule has 3 aromatic rings. The molecule has 0 bridgehead atoms. The molecule has 1 atom stereocenters. The highest BCUT2D eigenvalue weighted by atomic mass is 32.1. The second-order valence-corrected chi connectivity index (χ2v) is 9.86. The van der Waals surface area contributed by atoms with E-state index >= 15 is 0 Å². The molecule has 0 saturated carbocycles. The number of nitrogens with zero attached hydrogens (tertiary/aromatic N) is 1. The molecule has 30 heavy (non-hydrogen) atoms. The fourth-order valence-electron chi connectivity index (χ4n) is 3.68. The summed E-state index contributed by atoms with van der Waals surface area (Å²) >= 11 is 3.26. The molecule has 0 saturated heterocycles. The number of fused-ring (bicyclic) bond motifs is 1. The molecule has 1 aromatic carbocycles. The van der Waals surface area contributed by atoms with E-state index in [9.17, 15) is 9.59 Å². The summed E-state index contributed by atoms with van der Waals surface area (Å²) in [6.45, 7) is 10.1. The maximum atomic E-state index is 13.4. The van der Waals surface area contributed by atoms with Gasteiger partial charge in [-0.25, -0.2) is 0 Å². The van der Waals surface area contributed by atoms with Crippen molar-refractivity contribution in [1.82, 2.24) is 4.90 Å². The van der Waals surface area contributed by atoms with E-state index in [0.29, 0.717) is 17.7 Å².